The normalized spacial score (nSPS) is 43.6. The minimum Gasteiger partial charge on any atom is -0.472 e. The summed E-state index contributed by atoms with van der Waals surface area (Å²) in [7, 11) is 0. The summed E-state index contributed by atoms with van der Waals surface area (Å²) >= 11 is 0. The molecule has 5 aliphatic rings. The first-order chi connectivity index (χ1) is 17.1. The van der Waals surface area contributed by atoms with Gasteiger partial charge in [-0.15, -0.1) is 0 Å². The van der Waals surface area contributed by atoms with Crippen molar-refractivity contribution in [3.63, 3.8) is 0 Å². The van der Waals surface area contributed by atoms with Crippen molar-refractivity contribution < 1.29 is 13.9 Å². The van der Waals surface area contributed by atoms with Crippen LogP contribution in [0.25, 0.3) is 0 Å². The van der Waals surface area contributed by atoms with Crippen LogP contribution >= 0.6 is 0 Å². The minimum atomic E-state index is 0.456. The van der Waals surface area contributed by atoms with Crippen LogP contribution in [0.5, 0.6) is 0 Å². The van der Waals surface area contributed by atoms with E-state index in [1.54, 1.807) is 0 Å². The molecule has 0 spiro atoms. The molecular formula is C31H49NO3. The van der Waals surface area contributed by atoms with Crippen LogP contribution in [0, 0.1) is 34.5 Å². The van der Waals surface area contributed by atoms with Gasteiger partial charge in [-0.2, -0.15) is 0 Å². The fraction of sp³-hybridized carbons (Fsp3) is 0.871. The molecule has 4 nitrogen and oxygen atoms in total. The molecule has 0 radical (unpaired) electrons. The Bertz CT molecular complexity index is 819. The van der Waals surface area contributed by atoms with Crippen molar-refractivity contribution in [1.82, 2.24) is 4.90 Å². The molecule has 35 heavy (non-hydrogen) atoms. The summed E-state index contributed by atoms with van der Waals surface area (Å²) in [5, 5.41) is 0. The van der Waals surface area contributed by atoms with Gasteiger partial charge in [-0.3, -0.25) is 0 Å². The summed E-state index contributed by atoms with van der Waals surface area (Å²) in [6, 6.07) is 2.24. The summed E-state index contributed by atoms with van der Waals surface area (Å²) in [6.45, 7) is 11.3. The Morgan fingerprint density at radius 2 is 1.74 bits per heavy atom. The maximum absolute atomic E-state index is 6.38. The first-order valence-corrected chi connectivity index (χ1v) is 15.0. The SMILES string of the molecule is C[C@]12CC[C@H](OCCOCCN3CCCC3)C[C@@H]1CC[C@@H]1[C@@H]2CC[C@]2(C)[C@@H](c3ccoc3)CC[C@@H]12. The molecule has 4 aliphatic carbocycles. The van der Waals surface area contributed by atoms with Gasteiger partial charge >= 0.3 is 0 Å². The molecule has 196 valence electrons. The number of nitrogens with zero attached hydrogens (tertiary/aromatic N) is 1. The molecule has 0 unspecified atom stereocenters. The molecule has 8 atom stereocenters. The zero-order valence-electron chi connectivity index (χ0n) is 22.4. The third-order valence-electron chi connectivity index (χ3n) is 11.9. The van der Waals surface area contributed by atoms with Crippen molar-refractivity contribution in [2.24, 2.45) is 34.5 Å². The topological polar surface area (TPSA) is 34.8 Å². The van der Waals surface area contributed by atoms with E-state index in [0.717, 1.165) is 50.0 Å². The van der Waals surface area contributed by atoms with Gasteiger partial charge < -0.3 is 18.8 Å². The van der Waals surface area contributed by atoms with Crippen molar-refractivity contribution in [2.45, 2.75) is 96.5 Å². The number of likely N-dealkylation sites (tertiary alicyclic amines) is 1. The molecular weight excluding hydrogens is 434 g/mol. The fourth-order valence-electron chi connectivity index (χ4n) is 9.97. The van der Waals surface area contributed by atoms with Gasteiger partial charge in [0.1, 0.15) is 0 Å². The second-order valence-electron chi connectivity index (χ2n) is 13.3. The molecule has 0 amide bonds. The fourth-order valence-corrected chi connectivity index (χ4v) is 9.97. The van der Waals surface area contributed by atoms with Crippen molar-refractivity contribution in [1.29, 1.82) is 0 Å². The monoisotopic (exact) mass is 483 g/mol. The molecule has 1 aliphatic heterocycles. The van der Waals surface area contributed by atoms with Crippen LogP contribution < -0.4 is 0 Å². The van der Waals surface area contributed by atoms with E-state index >= 15 is 0 Å². The van der Waals surface area contributed by atoms with E-state index in [4.69, 9.17) is 13.9 Å². The largest absolute Gasteiger partial charge is 0.472 e. The highest BCUT2D eigenvalue weighted by molar-refractivity contribution is 5.22. The van der Waals surface area contributed by atoms with Crippen LogP contribution in [0.4, 0.5) is 0 Å². The van der Waals surface area contributed by atoms with Gasteiger partial charge in [-0.05, 0) is 136 Å². The van der Waals surface area contributed by atoms with Crippen LogP contribution in [-0.2, 0) is 9.47 Å². The van der Waals surface area contributed by atoms with E-state index in [9.17, 15) is 0 Å². The number of furan rings is 1. The van der Waals surface area contributed by atoms with E-state index in [1.807, 2.05) is 12.5 Å². The second kappa shape index (κ2) is 10.1. The van der Waals surface area contributed by atoms with Crippen LogP contribution in [0.2, 0.25) is 0 Å². The summed E-state index contributed by atoms with van der Waals surface area (Å²) in [6.07, 6.45) is 19.5. The lowest BCUT2D eigenvalue weighted by Gasteiger charge is -2.61. The molecule has 0 bridgehead atoms. The van der Waals surface area contributed by atoms with E-state index in [2.05, 4.69) is 24.8 Å². The van der Waals surface area contributed by atoms with Crippen molar-refractivity contribution in [3.05, 3.63) is 24.2 Å². The minimum absolute atomic E-state index is 0.456. The molecule has 1 aromatic rings. The van der Waals surface area contributed by atoms with E-state index < -0.39 is 0 Å². The van der Waals surface area contributed by atoms with Crippen LogP contribution in [0.15, 0.2) is 23.0 Å². The van der Waals surface area contributed by atoms with Gasteiger partial charge in [0.2, 0.25) is 0 Å². The van der Waals surface area contributed by atoms with Gasteiger partial charge in [0, 0.05) is 6.54 Å². The molecule has 4 saturated carbocycles. The standard InChI is InChI=1S/C31H49NO3/c1-30-12-9-25(35-20-19-33-18-16-32-14-3-4-15-32)21-24(30)5-6-26-28-8-7-27(23-11-17-34-22-23)31(28,2)13-10-29(26)30/h11,17,22,24-29H,3-10,12-16,18-21H2,1-2H3/t24-,25-,26-,27+,28-,29-,30-,31+/m0/s1. The van der Waals surface area contributed by atoms with E-state index in [-0.39, 0.29) is 0 Å². The van der Waals surface area contributed by atoms with Gasteiger partial charge in [-0.1, -0.05) is 13.8 Å². The highest BCUT2D eigenvalue weighted by Crippen LogP contribution is 2.69. The number of fused-ring (bicyclic) bond motifs is 5. The van der Waals surface area contributed by atoms with Gasteiger partial charge in [-0.25, -0.2) is 0 Å². The summed E-state index contributed by atoms with van der Waals surface area (Å²) < 4.78 is 17.8. The lowest BCUT2D eigenvalue weighted by Crippen LogP contribution is -2.53. The van der Waals surface area contributed by atoms with Gasteiger partial charge in [0.15, 0.2) is 0 Å². The third-order valence-corrected chi connectivity index (χ3v) is 11.9. The summed E-state index contributed by atoms with van der Waals surface area (Å²) in [5.74, 6) is 4.34. The summed E-state index contributed by atoms with van der Waals surface area (Å²) in [5.41, 5.74) is 2.47. The van der Waals surface area contributed by atoms with Crippen molar-refractivity contribution >= 4 is 0 Å². The molecule has 4 heteroatoms. The Hall–Kier alpha value is -0.840. The van der Waals surface area contributed by atoms with Gasteiger partial charge in [0.25, 0.3) is 0 Å². The highest BCUT2D eigenvalue weighted by Gasteiger charge is 2.60. The van der Waals surface area contributed by atoms with Crippen LogP contribution in [0.3, 0.4) is 0 Å². The maximum Gasteiger partial charge on any atom is 0.0937 e. The Labute approximate surface area is 213 Å². The average molecular weight is 484 g/mol. The Morgan fingerprint density at radius 3 is 2.57 bits per heavy atom. The van der Waals surface area contributed by atoms with Crippen LogP contribution in [0.1, 0.15) is 96.0 Å². The number of ether oxygens (including phenoxy) is 2. The van der Waals surface area contributed by atoms with Crippen molar-refractivity contribution in [3.8, 4) is 0 Å². The van der Waals surface area contributed by atoms with Crippen LogP contribution in [-0.4, -0.2) is 50.5 Å². The summed E-state index contributed by atoms with van der Waals surface area (Å²) in [4.78, 5) is 2.52. The first-order valence-electron chi connectivity index (χ1n) is 15.0. The molecule has 6 rings (SSSR count). The van der Waals surface area contributed by atoms with E-state index in [1.165, 1.54) is 89.3 Å². The third kappa shape index (κ3) is 4.55. The average Bonchev–Trinajstić information content (AvgIpc) is 3.62. The predicted octanol–water partition coefficient (Wildman–Crippen LogP) is 6.90. The second-order valence-corrected chi connectivity index (χ2v) is 13.3. The zero-order chi connectivity index (χ0) is 23.9. The van der Waals surface area contributed by atoms with E-state index in [0.29, 0.717) is 22.9 Å². The van der Waals surface area contributed by atoms with Crippen molar-refractivity contribution in [2.75, 3.05) is 39.5 Å². The molecule has 0 aromatic carbocycles. The smallest absolute Gasteiger partial charge is 0.0937 e. The molecule has 0 N–H and O–H groups in total. The zero-order valence-corrected chi connectivity index (χ0v) is 22.4. The highest BCUT2D eigenvalue weighted by atomic mass is 16.5. The Morgan fingerprint density at radius 1 is 0.914 bits per heavy atom. The van der Waals surface area contributed by atoms with Gasteiger partial charge in [0.05, 0.1) is 38.5 Å². The number of hydrogen-bond donors (Lipinski definition) is 0. The lowest BCUT2D eigenvalue weighted by molar-refractivity contribution is -0.133. The Balaban J connectivity index is 1.00. The molecule has 2 heterocycles. The predicted molar refractivity (Wildman–Crippen MR) is 139 cm³/mol. The molecule has 1 aromatic heterocycles. The first kappa shape index (κ1) is 24.5. The number of rotatable bonds is 8. The quantitative estimate of drug-likeness (QED) is 0.377. The lowest BCUT2D eigenvalue weighted by atomic mass is 9.44. The maximum atomic E-state index is 6.38. The molecule has 5 fully saturated rings. The number of hydrogen-bond acceptors (Lipinski definition) is 4. The molecule has 1 saturated heterocycles. The Kier molecular flexibility index (Phi) is 7.10.